The minimum absolute atomic E-state index is 0.0219. The number of hydrogen-bond donors (Lipinski definition) is 0. The van der Waals surface area contributed by atoms with Crippen molar-refractivity contribution in [3.63, 3.8) is 0 Å². The summed E-state index contributed by atoms with van der Waals surface area (Å²) in [7, 11) is 3.37. The Bertz CT molecular complexity index is 715. The molecule has 122 valence electrons. The molecule has 0 amide bonds. The maximum absolute atomic E-state index is 11.5. The third kappa shape index (κ3) is 2.84. The van der Waals surface area contributed by atoms with Crippen LogP contribution in [0, 0.1) is 10.1 Å². The Morgan fingerprint density at radius 2 is 2.26 bits per heavy atom. The molecule has 0 saturated carbocycles. The number of aryl methyl sites for hydroxylation is 1. The predicted molar refractivity (Wildman–Crippen MR) is 84.8 cm³/mol. The number of anilines is 1. The number of methoxy groups -OCH3 is 1. The van der Waals surface area contributed by atoms with Gasteiger partial charge in [0.25, 0.3) is 0 Å². The van der Waals surface area contributed by atoms with E-state index in [9.17, 15) is 10.1 Å². The smallest absolute Gasteiger partial charge is 0.333 e. The summed E-state index contributed by atoms with van der Waals surface area (Å²) in [6, 6.07) is 5.18. The predicted octanol–water partition coefficient (Wildman–Crippen LogP) is 2.12. The topological polar surface area (TPSA) is 86.3 Å². The van der Waals surface area contributed by atoms with Crippen LogP contribution in [0.4, 0.5) is 11.4 Å². The van der Waals surface area contributed by atoms with E-state index >= 15 is 0 Å². The van der Waals surface area contributed by atoms with Crippen LogP contribution in [0.3, 0.4) is 0 Å². The first-order valence-electron chi connectivity index (χ1n) is 7.52. The molecule has 0 spiro atoms. The molecule has 0 radical (unpaired) electrons. The van der Waals surface area contributed by atoms with Gasteiger partial charge < -0.3 is 14.2 Å². The van der Waals surface area contributed by atoms with Crippen molar-refractivity contribution in [3.05, 3.63) is 40.5 Å². The van der Waals surface area contributed by atoms with Gasteiger partial charge in [0.2, 0.25) is 0 Å². The molecule has 2 heterocycles. The number of benzene rings is 1. The van der Waals surface area contributed by atoms with Crippen LogP contribution in [0.25, 0.3) is 0 Å². The second kappa shape index (κ2) is 6.23. The largest absolute Gasteiger partial charge is 0.490 e. The van der Waals surface area contributed by atoms with Crippen LogP contribution in [0.15, 0.2) is 24.5 Å². The molecule has 0 N–H and O–H groups in total. The first-order chi connectivity index (χ1) is 11.1. The average Bonchev–Trinajstić information content (AvgIpc) is 3.00. The van der Waals surface area contributed by atoms with E-state index in [-0.39, 0.29) is 22.3 Å². The number of nitro groups is 1. The summed E-state index contributed by atoms with van der Waals surface area (Å²) in [5.41, 5.74) is 0.620. The summed E-state index contributed by atoms with van der Waals surface area (Å²) in [6.45, 7) is 1.46. The Morgan fingerprint density at radius 1 is 1.43 bits per heavy atom. The van der Waals surface area contributed by atoms with Gasteiger partial charge in [-0.15, -0.1) is 10.2 Å². The monoisotopic (exact) mass is 317 g/mol. The molecular weight excluding hydrogens is 298 g/mol. The Kier molecular flexibility index (Phi) is 4.14. The molecule has 8 heteroatoms. The van der Waals surface area contributed by atoms with Gasteiger partial charge in [0.1, 0.15) is 17.8 Å². The lowest BCUT2D eigenvalue weighted by atomic mass is 9.96. The molecule has 0 unspecified atom stereocenters. The van der Waals surface area contributed by atoms with Gasteiger partial charge >= 0.3 is 5.69 Å². The SMILES string of the molecule is COc1cccc(N2CCC[C@@H](c3nncn3C)C2)c1[N+](=O)[O-]. The molecule has 1 aromatic carbocycles. The van der Waals surface area contributed by atoms with Gasteiger partial charge in [0, 0.05) is 26.1 Å². The fourth-order valence-corrected chi connectivity index (χ4v) is 3.18. The van der Waals surface area contributed by atoms with E-state index < -0.39 is 0 Å². The zero-order valence-corrected chi connectivity index (χ0v) is 13.2. The third-order valence-corrected chi connectivity index (χ3v) is 4.25. The van der Waals surface area contributed by atoms with Crippen molar-refractivity contribution in [1.82, 2.24) is 14.8 Å². The van der Waals surface area contributed by atoms with Crippen LogP contribution in [0.2, 0.25) is 0 Å². The number of rotatable bonds is 4. The first-order valence-corrected chi connectivity index (χ1v) is 7.52. The highest BCUT2D eigenvalue weighted by Crippen LogP contribution is 2.39. The van der Waals surface area contributed by atoms with Crippen molar-refractivity contribution in [2.75, 3.05) is 25.1 Å². The van der Waals surface area contributed by atoms with Gasteiger partial charge in [-0.25, -0.2) is 0 Å². The summed E-state index contributed by atoms with van der Waals surface area (Å²) < 4.78 is 7.07. The van der Waals surface area contributed by atoms with Gasteiger partial charge in [-0.05, 0) is 25.0 Å². The lowest BCUT2D eigenvalue weighted by molar-refractivity contribution is -0.385. The van der Waals surface area contributed by atoms with Crippen molar-refractivity contribution < 1.29 is 9.66 Å². The molecule has 8 nitrogen and oxygen atoms in total. The average molecular weight is 317 g/mol. The fourth-order valence-electron chi connectivity index (χ4n) is 3.18. The zero-order chi connectivity index (χ0) is 16.4. The van der Waals surface area contributed by atoms with Crippen LogP contribution in [-0.2, 0) is 7.05 Å². The minimum atomic E-state index is -0.375. The van der Waals surface area contributed by atoms with Crippen LogP contribution < -0.4 is 9.64 Å². The quantitative estimate of drug-likeness (QED) is 0.634. The van der Waals surface area contributed by atoms with E-state index in [2.05, 4.69) is 10.2 Å². The van der Waals surface area contributed by atoms with E-state index in [1.54, 1.807) is 24.5 Å². The maximum atomic E-state index is 11.5. The van der Waals surface area contributed by atoms with E-state index in [0.717, 1.165) is 25.2 Å². The van der Waals surface area contributed by atoms with Crippen LogP contribution >= 0.6 is 0 Å². The first kappa shape index (κ1) is 15.3. The molecule has 1 aromatic heterocycles. The molecule has 3 rings (SSSR count). The molecule has 2 aromatic rings. The number of piperidine rings is 1. The van der Waals surface area contributed by atoms with Crippen molar-refractivity contribution in [3.8, 4) is 5.75 Å². The molecule has 0 aliphatic carbocycles. The molecule has 1 aliphatic rings. The van der Waals surface area contributed by atoms with Crippen molar-refractivity contribution in [2.45, 2.75) is 18.8 Å². The summed E-state index contributed by atoms with van der Waals surface area (Å²) >= 11 is 0. The highest BCUT2D eigenvalue weighted by molar-refractivity contribution is 5.70. The number of nitrogens with zero attached hydrogens (tertiary/aromatic N) is 5. The maximum Gasteiger partial charge on any atom is 0.333 e. The Hall–Kier alpha value is -2.64. The second-order valence-corrected chi connectivity index (χ2v) is 5.67. The summed E-state index contributed by atoms with van der Waals surface area (Å²) in [5.74, 6) is 1.41. The van der Waals surface area contributed by atoms with Crippen LogP contribution in [0.5, 0.6) is 5.75 Å². The molecular formula is C15H19N5O3. The normalized spacial score (nSPS) is 18.0. The van der Waals surface area contributed by atoms with E-state index in [1.807, 2.05) is 16.5 Å². The van der Waals surface area contributed by atoms with E-state index in [1.165, 1.54) is 7.11 Å². The van der Waals surface area contributed by atoms with E-state index in [4.69, 9.17) is 4.74 Å². The minimum Gasteiger partial charge on any atom is -0.490 e. The van der Waals surface area contributed by atoms with Crippen molar-refractivity contribution in [1.29, 1.82) is 0 Å². The number of aromatic nitrogens is 3. The third-order valence-electron chi connectivity index (χ3n) is 4.25. The van der Waals surface area contributed by atoms with Crippen LogP contribution in [0.1, 0.15) is 24.6 Å². The molecule has 23 heavy (non-hydrogen) atoms. The van der Waals surface area contributed by atoms with Gasteiger partial charge in [-0.2, -0.15) is 0 Å². The van der Waals surface area contributed by atoms with Gasteiger partial charge in [0.05, 0.1) is 12.0 Å². The second-order valence-electron chi connectivity index (χ2n) is 5.67. The van der Waals surface area contributed by atoms with Gasteiger partial charge in [0.15, 0.2) is 5.75 Å². The number of nitro benzene ring substituents is 1. The summed E-state index contributed by atoms with van der Waals surface area (Å²) in [5, 5.41) is 19.6. The Balaban J connectivity index is 1.93. The van der Waals surface area contributed by atoms with Crippen molar-refractivity contribution >= 4 is 11.4 Å². The van der Waals surface area contributed by atoms with Crippen LogP contribution in [-0.4, -0.2) is 39.9 Å². The molecule has 1 atom stereocenters. The summed E-state index contributed by atoms with van der Waals surface area (Å²) in [6.07, 6.45) is 3.63. The zero-order valence-electron chi connectivity index (χ0n) is 13.2. The number of para-hydroxylation sites is 1. The Labute approximate surface area is 133 Å². The van der Waals surface area contributed by atoms with E-state index in [0.29, 0.717) is 12.2 Å². The van der Waals surface area contributed by atoms with Gasteiger partial charge in [-0.1, -0.05) is 6.07 Å². The van der Waals surface area contributed by atoms with Gasteiger partial charge in [-0.3, -0.25) is 10.1 Å². The number of ether oxygens (including phenoxy) is 1. The number of hydrogen-bond acceptors (Lipinski definition) is 6. The highest BCUT2D eigenvalue weighted by atomic mass is 16.6. The molecule has 1 fully saturated rings. The fraction of sp³-hybridized carbons (Fsp3) is 0.467. The molecule has 1 saturated heterocycles. The molecule has 1 aliphatic heterocycles. The highest BCUT2D eigenvalue weighted by Gasteiger charge is 2.30. The standard InChI is InChI=1S/C15H19N5O3/c1-18-10-16-17-15(18)11-5-4-8-19(9-11)12-6-3-7-13(23-2)14(12)20(21)22/h3,6-7,10-11H,4-5,8-9H2,1-2H3/t11-/m1/s1. The Morgan fingerprint density at radius 3 is 2.91 bits per heavy atom. The summed E-state index contributed by atoms with van der Waals surface area (Å²) in [4.78, 5) is 13.2. The lowest BCUT2D eigenvalue weighted by Crippen LogP contribution is -2.35. The van der Waals surface area contributed by atoms with Crippen molar-refractivity contribution in [2.24, 2.45) is 7.05 Å². The molecule has 0 bridgehead atoms. The lowest BCUT2D eigenvalue weighted by Gasteiger charge is -2.33.